The number of benzene rings is 1. The highest BCUT2D eigenvalue weighted by Gasteiger charge is 2.23. The first-order valence-electron chi connectivity index (χ1n) is 7.32. The van der Waals surface area contributed by atoms with Crippen LogP contribution in [0.25, 0.3) is 0 Å². The van der Waals surface area contributed by atoms with Crippen LogP contribution in [0, 0.1) is 0 Å². The molecule has 0 fully saturated rings. The lowest BCUT2D eigenvalue weighted by Gasteiger charge is -2.17. The fourth-order valence-corrected chi connectivity index (χ4v) is 2.66. The van der Waals surface area contributed by atoms with Crippen LogP contribution in [0.2, 0.25) is 0 Å². The van der Waals surface area contributed by atoms with Crippen molar-refractivity contribution in [3.8, 4) is 0 Å². The molecule has 0 radical (unpaired) electrons. The Morgan fingerprint density at radius 3 is 3.00 bits per heavy atom. The Labute approximate surface area is 124 Å². The summed E-state index contributed by atoms with van der Waals surface area (Å²) < 4.78 is 0. The van der Waals surface area contributed by atoms with Crippen LogP contribution < -0.4 is 10.2 Å². The predicted octanol–water partition coefficient (Wildman–Crippen LogP) is 2.15. The molecule has 4 heteroatoms. The van der Waals surface area contributed by atoms with Crippen molar-refractivity contribution in [3.63, 3.8) is 0 Å². The van der Waals surface area contributed by atoms with Gasteiger partial charge in [-0.2, -0.15) is 0 Å². The Morgan fingerprint density at radius 2 is 2.14 bits per heavy atom. The van der Waals surface area contributed by atoms with E-state index in [2.05, 4.69) is 16.4 Å². The highest BCUT2D eigenvalue weighted by molar-refractivity contribution is 5.95. The molecule has 0 saturated heterocycles. The van der Waals surface area contributed by atoms with Crippen LogP contribution in [-0.2, 0) is 17.8 Å². The number of nitrogens with one attached hydrogen (secondary N) is 1. The summed E-state index contributed by atoms with van der Waals surface area (Å²) in [6.07, 6.45) is 5.09. The minimum atomic E-state index is 0.193. The molecule has 0 spiro atoms. The lowest BCUT2D eigenvalue weighted by Crippen LogP contribution is -2.31. The molecule has 4 nitrogen and oxygen atoms in total. The third-order valence-electron chi connectivity index (χ3n) is 3.76. The molecule has 3 rings (SSSR count). The summed E-state index contributed by atoms with van der Waals surface area (Å²) in [7, 11) is 0. The van der Waals surface area contributed by atoms with Crippen molar-refractivity contribution in [1.82, 2.24) is 10.3 Å². The minimum Gasteiger partial charge on any atom is -0.312 e. The van der Waals surface area contributed by atoms with E-state index in [1.54, 1.807) is 6.20 Å². The number of rotatable bonds is 5. The van der Waals surface area contributed by atoms with Crippen LogP contribution in [0.4, 0.5) is 5.69 Å². The second-order valence-electron chi connectivity index (χ2n) is 5.21. The molecule has 108 valence electrons. The monoisotopic (exact) mass is 281 g/mol. The van der Waals surface area contributed by atoms with Gasteiger partial charge in [0, 0.05) is 44.1 Å². The van der Waals surface area contributed by atoms with Gasteiger partial charge in [-0.1, -0.05) is 24.3 Å². The van der Waals surface area contributed by atoms with Crippen molar-refractivity contribution in [1.29, 1.82) is 0 Å². The number of fused-ring (bicyclic) bond motifs is 1. The van der Waals surface area contributed by atoms with Gasteiger partial charge in [0.15, 0.2) is 0 Å². The van der Waals surface area contributed by atoms with Crippen LogP contribution in [0.15, 0.2) is 48.8 Å². The van der Waals surface area contributed by atoms with Crippen molar-refractivity contribution in [2.75, 3.05) is 18.0 Å². The standard InChI is InChI=1S/C17H19N3O/c21-17(7-10-19-13-14-4-3-9-18-12-14)20-11-8-15-5-1-2-6-16(15)20/h1-6,9,12,19H,7-8,10-11,13H2. The number of aromatic nitrogens is 1. The largest absolute Gasteiger partial charge is 0.312 e. The molecule has 21 heavy (non-hydrogen) atoms. The van der Waals surface area contributed by atoms with Gasteiger partial charge in [0.25, 0.3) is 0 Å². The van der Waals surface area contributed by atoms with E-state index in [-0.39, 0.29) is 5.91 Å². The van der Waals surface area contributed by atoms with E-state index in [1.165, 1.54) is 5.56 Å². The van der Waals surface area contributed by atoms with Gasteiger partial charge in [0.05, 0.1) is 0 Å². The van der Waals surface area contributed by atoms with Gasteiger partial charge in [-0.15, -0.1) is 0 Å². The second-order valence-corrected chi connectivity index (χ2v) is 5.21. The molecule has 1 aromatic heterocycles. The first-order chi connectivity index (χ1) is 10.3. The summed E-state index contributed by atoms with van der Waals surface area (Å²) >= 11 is 0. The molecule has 1 aliphatic heterocycles. The van der Waals surface area contributed by atoms with Gasteiger partial charge >= 0.3 is 0 Å². The van der Waals surface area contributed by atoms with Crippen LogP contribution in [-0.4, -0.2) is 24.0 Å². The first kappa shape index (κ1) is 13.8. The highest BCUT2D eigenvalue weighted by Crippen LogP contribution is 2.27. The molecular weight excluding hydrogens is 262 g/mol. The highest BCUT2D eigenvalue weighted by atomic mass is 16.2. The van der Waals surface area contributed by atoms with E-state index in [0.29, 0.717) is 13.0 Å². The smallest absolute Gasteiger partial charge is 0.228 e. The number of hydrogen-bond acceptors (Lipinski definition) is 3. The van der Waals surface area contributed by atoms with Crippen molar-refractivity contribution in [2.24, 2.45) is 0 Å². The number of nitrogens with zero attached hydrogens (tertiary/aromatic N) is 2. The van der Waals surface area contributed by atoms with Crippen molar-refractivity contribution >= 4 is 11.6 Å². The Morgan fingerprint density at radius 1 is 1.24 bits per heavy atom. The molecule has 0 unspecified atom stereocenters. The maximum atomic E-state index is 12.3. The molecule has 0 atom stereocenters. The van der Waals surface area contributed by atoms with E-state index < -0.39 is 0 Å². The Hall–Kier alpha value is -2.20. The average molecular weight is 281 g/mol. The third kappa shape index (κ3) is 3.28. The van der Waals surface area contributed by atoms with Crippen molar-refractivity contribution < 1.29 is 4.79 Å². The fourth-order valence-electron chi connectivity index (χ4n) is 2.66. The van der Waals surface area contributed by atoms with Gasteiger partial charge in [0.1, 0.15) is 0 Å². The predicted molar refractivity (Wildman–Crippen MR) is 83.1 cm³/mol. The van der Waals surface area contributed by atoms with E-state index in [0.717, 1.165) is 30.8 Å². The van der Waals surface area contributed by atoms with Crippen LogP contribution in [0.3, 0.4) is 0 Å². The SMILES string of the molecule is O=C(CCNCc1cccnc1)N1CCc2ccccc21. The zero-order valence-corrected chi connectivity index (χ0v) is 12.0. The van der Waals surface area contributed by atoms with E-state index in [4.69, 9.17) is 0 Å². The number of carbonyl (C=O) groups is 1. The normalized spacial score (nSPS) is 13.2. The maximum Gasteiger partial charge on any atom is 0.228 e. The summed E-state index contributed by atoms with van der Waals surface area (Å²) in [6, 6.07) is 12.1. The summed E-state index contributed by atoms with van der Waals surface area (Å²) in [5.41, 5.74) is 3.49. The van der Waals surface area contributed by atoms with Gasteiger partial charge in [-0.25, -0.2) is 0 Å². The van der Waals surface area contributed by atoms with Crippen LogP contribution in [0.5, 0.6) is 0 Å². The summed E-state index contributed by atoms with van der Waals surface area (Å²) in [4.78, 5) is 18.3. The fraction of sp³-hybridized carbons (Fsp3) is 0.294. The van der Waals surface area contributed by atoms with Crippen LogP contribution >= 0.6 is 0 Å². The van der Waals surface area contributed by atoms with Gasteiger partial charge in [-0.05, 0) is 29.7 Å². The summed E-state index contributed by atoms with van der Waals surface area (Å²) in [5.74, 6) is 0.193. The molecule has 2 aromatic rings. The third-order valence-corrected chi connectivity index (χ3v) is 3.76. The molecule has 1 aliphatic rings. The maximum absolute atomic E-state index is 12.3. The lowest BCUT2D eigenvalue weighted by atomic mass is 10.2. The zero-order chi connectivity index (χ0) is 14.5. The van der Waals surface area contributed by atoms with Gasteiger partial charge < -0.3 is 10.2 Å². The quantitative estimate of drug-likeness (QED) is 0.854. The minimum absolute atomic E-state index is 0.193. The second kappa shape index (κ2) is 6.50. The van der Waals surface area contributed by atoms with Gasteiger partial charge in [-0.3, -0.25) is 9.78 Å². The van der Waals surface area contributed by atoms with Gasteiger partial charge in [0.2, 0.25) is 5.91 Å². The Kier molecular flexibility index (Phi) is 4.26. The van der Waals surface area contributed by atoms with E-state index in [9.17, 15) is 4.79 Å². The molecule has 1 N–H and O–H groups in total. The topological polar surface area (TPSA) is 45.2 Å². The van der Waals surface area contributed by atoms with E-state index >= 15 is 0 Å². The Bertz CT molecular complexity index is 612. The number of para-hydroxylation sites is 1. The summed E-state index contributed by atoms with van der Waals surface area (Å²) in [6.45, 7) is 2.24. The average Bonchev–Trinajstić information content (AvgIpc) is 2.96. The number of anilines is 1. The zero-order valence-electron chi connectivity index (χ0n) is 12.0. The number of amides is 1. The Balaban J connectivity index is 1.47. The molecule has 0 aliphatic carbocycles. The summed E-state index contributed by atoms with van der Waals surface area (Å²) in [5, 5.41) is 3.29. The number of carbonyl (C=O) groups excluding carboxylic acids is 1. The van der Waals surface area contributed by atoms with Crippen molar-refractivity contribution in [2.45, 2.75) is 19.4 Å². The lowest BCUT2D eigenvalue weighted by molar-refractivity contribution is -0.118. The molecule has 1 amide bonds. The first-order valence-corrected chi connectivity index (χ1v) is 7.32. The molecule has 2 heterocycles. The molecule has 0 saturated carbocycles. The van der Waals surface area contributed by atoms with E-state index in [1.807, 2.05) is 41.4 Å². The van der Waals surface area contributed by atoms with Crippen LogP contribution in [0.1, 0.15) is 17.5 Å². The molecule has 1 aromatic carbocycles. The molecular formula is C17H19N3O. The van der Waals surface area contributed by atoms with Crippen molar-refractivity contribution in [3.05, 3.63) is 59.9 Å². The number of hydrogen-bond donors (Lipinski definition) is 1. The number of pyridine rings is 1. The molecule has 0 bridgehead atoms.